The first-order valence-electron chi connectivity index (χ1n) is 10.5. The number of aromatic amines is 1. The molecule has 0 amide bonds. The molecular formula is C23H14F4N8OS. The van der Waals surface area contributed by atoms with Crippen molar-refractivity contribution in [2.24, 2.45) is 0 Å². The van der Waals surface area contributed by atoms with Gasteiger partial charge in [0.05, 0.1) is 5.56 Å². The van der Waals surface area contributed by atoms with Gasteiger partial charge in [-0.1, -0.05) is 11.8 Å². The minimum absolute atomic E-state index is 0.173. The average molecular weight is 526 g/mol. The van der Waals surface area contributed by atoms with E-state index in [4.69, 9.17) is 4.74 Å². The summed E-state index contributed by atoms with van der Waals surface area (Å²) in [6, 6.07) is 12.3. The Balaban J connectivity index is 1.45. The van der Waals surface area contributed by atoms with Crippen LogP contribution in [0.2, 0.25) is 0 Å². The molecule has 4 aromatic heterocycles. The van der Waals surface area contributed by atoms with E-state index in [0.29, 0.717) is 27.9 Å². The van der Waals surface area contributed by atoms with E-state index in [1.54, 1.807) is 12.1 Å². The van der Waals surface area contributed by atoms with Gasteiger partial charge in [0, 0.05) is 35.1 Å². The zero-order valence-corrected chi connectivity index (χ0v) is 19.3. The molecule has 0 aliphatic rings. The summed E-state index contributed by atoms with van der Waals surface area (Å²) in [6.45, 7) is 0. The third-order valence-electron chi connectivity index (χ3n) is 4.79. The molecule has 5 rings (SSSR count). The predicted molar refractivity (Wildman–Crippen MR) is 125 cm³/mol. The van der Waals surface area contributed by atoms with E-state index in [0.717, 1.165) is 17.8 Å². The van der Waals surface area contributed by atoms with Gasteiger partial charge in [-0.2, -0.15) is 13.2 Å². The number of nitrogens with one attached hydrogen (secondary N) is 2. The first kappa shape index (κ1) is 24.1. The quantitative estimate of drug-likeness (QED) is 0.250. The number of rotatable bonds is 7. The summed E-state index contributed by atoms with van der Waals surface area (Å²) in [4.78, 5) is 12.9. The van der Waals surface area contributed by atoms with Crippen LogP contribution in [0, 0.1) is 5.82 Å². The molecule has 5 aromatic rings. The van der Waals surface area contributed by atoms with Crippen molar-refractivity contribution in [3.63, 3.8) is 0 Å². The maximum absolute atomic E-state index is 13.4. The van der Waals surface area contributed by atoms with Gasteiger partial charge in [-0.3, -0.25) is 0 Å². The lowest BCUT2D eigenvalue weighted by molar-refractivity contribution is -0.140. The molecule has 1 aromatic carbocycles. The molecule has 0 radical (unpaired) electrons. The van der Waals surface area contributed by atoms with Crippen LogP contribution in [0.1, 0.15) is 5.56 Å². The fourth-order valence-corrected chi connectivity index (χ4v) is 4.00. The Hall–Kier alpha value is -4.59. The number of tetrazole rings is 1. The first-order valence-corrected chi connectivity index (χ1v) is 11.3. The molecule has 0 aliphatic heterocycles. The number of hydrogen-bond acceptors (Lipinski definition) is 9. The van der Waals surface area contributed by atoms with Crippen LogP contribution in [-0.4, -0.2) is 35.6 Å². The summed E-state index contributed by atoms with van der Waals surface area (Å²) in [5, 5.41) is 16.3. The molecule has 4 heterocycles. The van der Waals surface area contributed by atoms with Crippen LogP contribution in [0.5, 0.6) is 11.5 Å². The van der Waals surface area contributed by atoms with Crippen LogP contribution in [0.15, 0.2) is 83.1 Å². The SMILES string of the molecule is Fc1ccc(Oc2cc(Sc3ncccc3C(F)(F)F)cnc2Nc2ccc(-c3nnn[nH]3)cn2)cc1. The number of hydrogen-bond donors (Lipinski definition) is 2. The fourth-order valence-electron chi connectivity index (χ4n) is 3.09. The number of benzene rings is 1. The van der Waals surface area contributed by atoms with Gasteiger partial charge in [0.2, 0.25) is 0 Å². The zero-order valence-electron chi connectivity index (χ0n) is 18.4. The molecular weight excluding hydrogens is 512 g/mol. The number of ether oxygens (including phenoxy) is 1. The maximum Gasteiger partial charge on any atom is 0.419 e. The Bertz CT molecular complexity index is 1500. The van der Waals surface area contributed by atoms with Gasteiger partial charge < -0.3 is 10.1 Å². The van der Waals surface area contributed by atoms with E-state index in [-0.39, 0.29) is 16.6 Å². The number of nitrogens with zero attached hydrogens (tertiary/aromatic N) is 6. The maximum atomic E-state index is 13.4. The van der Waals surface area contributed by atoms with Gasteiger partial charge in [-0.25, -0.2) is 24.4 Å². The van der Waals surface area contributed by atoms with Gasteiger partial charge in [-0.15, -0.1) is 5.10 Å². The minimum atomic E-state index is -4.57. The topological polar surface area (TPSA) is 114 Å². The Morgan fingerprint density at radius 3 is 2.49 bits per heavy atom. The predicted octanol–water partition coefficient (Wildman–Crippen LogP) is 5.90. The summed E-state index contributed by atoms with van der Waals surface area (Å²) in [5.74, 6) is 1.08. The lowest BCUT2D eigenvalue weighted by Gasteiger charge is -2.14. The summed E-state index contributed by atoms with van der Waals surface area (Å²) < 4.78 is 59.5. The van der Waals surface area contributed by atoms with Gasteiger partial charge in [-0.05, 0) is 59.0 Å². The van der Waals surface area contributed by atoms with E-state index >= 15 is 0 Å². The third-order valence-corrected chi connectivity index (χ3v) is 5.77. The summed E-state index contributed by atoms with van der Waals surface area (Å²) in [7, 11) is 0. The third kappa shape index (κ3) is 5.81. The highest BCUT2D eigenvalue weighted by Gasteiger charge is 2.34. The molecule has 37 heavy (non-hydrogen) atoms. The molecule has 0 aliphatic carbocycles. The zero-order chi connectivity index (χ0) is 25.8. The van der Waals surface area contributed by atoms with E-state index < -0.39 is 17.6 Å². The number of anilines is 2. The fraction of sp³-hybridized carbons (Fsp3) is 0.0435. The van der Waals surface area contributed by atoms with Crippen LogP contribution in [0.25, 0.3) is 11.4 Å². The highest BCUT2D eigenvalue weighted by Crippen LogP contribution is 2.40. The van der Waals surface area contributed by atoms with Gasteiger partial charge in [0.25, 0.3) is 0 Å². The largest absolute Gasteiger partial charge is 0.453 e. The second-order valence-electron chi connectivity index (χ2n) is 7.34. The van der Waals surface area contributed by atoms with Crippen molar-refractivity contribution >= 4 is 23.4 Å². The number of alkyl halides is 3. The lowest BCUT2D eigenvalue weighted by atomic mass is 10.2. The molecule has 0 saturated carbocycles. The highest BCUT2D eigenvalue weighted by molar-refractivity contribution is 7.99. The van der Waals surface area contributed by atoms with Gasteiger partial charge in [0.1, 0.15) is 22.4 Å². The summed E-state index contributed by atoms with van der Waals surface area (Å²) >= 11 is 0.784. The van der Waals surface area contributed by atoms with Crippen LogP contribution in [0.4, 0.5) is 29.2 Å². The monoisotopic (exact) mass is 526 g/mol. The highest BCUT2D eigenvalue weighted by atomic mass is 32.2. The Morgan fingerprint density at radius 2 is 1.78 bits per heavy atom. The molecule has 14 heteroatoms. The molecule has 9 nitrogen and oxygen atoms in total. The number of H-pyrrole nitrogens is 1. The smallest absolute Gasteiger partial charge is 0.419 e. The molecule has 186 valence electrons. The second kappa shape index (κ2) is 10.2. The Morgan fingerprint density at radius 1 is 0.946 bits per heavy atom. The van der Waals surface area contributed by atoms with Crippen molar-refractivity contribution in [2.75, 3.05) is 5.32 Å². The van der Waals surface area contributed by atoms with E-state index in [9.17, 15) is 17.6 Å². The molecule has 0 saturated heterocycles. The lowest BCUT2D eigenvalue weighted by Crippen LogP contribution is -2.07. The van der Waals surface area contributed by atoms with E-state index in [1.807, 2.05) is 0 Å². The number of halogens is 4. The van der Waals surface area contributed by atoms with Crippen molar-refractivity contribution in [3.8, 4) is 22.9 Å². The Labute approximate surface area is 210 Å². The van der Waals surface area contributed by atoms with Crippen LogP contribution in [0.3, 0.4) is 0 Å². The van der Waals surface area contributed by atoms with Crippen molar-refractivity contribution in [2.45, 2.75) is 16.1 Å². The second-order valence-corrected chi connectivity index (χ2v) is 8.40. The van der Waals surface area contributed by atoms with Crippen molar-refractivity contribution in [1.82, 2.24) is 35.6 Å². The van der Waals surface area contributed by atoms with E-state index in [2.05, 4.69) is 40.9 Å². The first-order chi connectivity index (χ1) is 17.8. The van der Waals surface area contributed by atoms with E-state index in [1.165, 1.54) is 55.0 Å². The molecule has 0 fully saturated rings. The number of aromatic nitrogens is 7. The van der Waals surface area contributed by atoms with Crippen LogP contribution in [-0.2, 0) is 6.18 Å². The summed E-state index contributed by atoms with van der Waals surface area (Å²) in [5.41, 5.74) is -0.219. The van der Waals surface area contributed by atoms with Crippen molar-refractivity contribution < 1.29 is 22.3 Å². The van der Waals surface area contributed by atoms with Crippen LogP contribution >= 0.6 is 11.8 Å². The van der Waals surface area contributed by atoms with Gasteiger partial charge >= 0.3 is 6.18 Å². The summed E-state index contributed by atoms with van der Waals surface area (Å²) in [6.07, 6.45) is -0.373. The standard InChI is InChI=1S/C23H14F4N8OS/c24-14-4-6-15(7-5-14)36-18-10-16(37-22-17(23(25,26)27)2-1-9-28-22)12-30-21(18)31-19-8-3-13(11-29-19)20-32-34-35-33-20/h1-12H,(H,29,30,31)(H,32,33,34,35). The molecule has 0 atom stereocenters. The van der Waals surface area contributed by atoms with Crippen LogP contribution < -0.4 is 10.1 Å². The average Bonchev–Trinajstić information content (AvgIpc) is 3.42. The molecule has 2 N–H and O–H groups in total. The molecule has 0 bridgehead atoms. The number of pyridine rings is 3. The Kier molecular flexibility index (Phi) is 6.64. The van der Waals surface area contributed by atoms with Crippen molar-refractivity contribution in [1.29, 1.82) is 0 Å². The van der Waals surface area contributed by atoms with Gasteiger partial charge in [0.15, 0.2) is 17.4 Å². The molecule has 0 spiro atoms. The minimum Gasteiger partial charge on any atom is -0.453 e. The van der Waals surface area contributed by atoms with Crippen molar-refractivity contribution in [3.05, 3.63) is 84.6 Å². The normalized spacial score (nSPS) is 11.4. The molecule has 0 unspecified atom stereocenters.